The molecule has 0 aliphatic carbocycles. The largest absolute Gasteiger partial charge is 0.469 e. The van der Waals surface area contributed by atoms with E-state index >= 15 is 0 Å². The lowest BCUT2D eigenvalue weighted by Gasteiger charge is -2.35. The van der Waals surface area contributed by atoms with E-state index in [1.165, 1.54) is 7.11 Å². The van der Waals surface area contributed by atoms with E-state index in [9.17, 15) is 13.2 Å². The molecule has 0 aromatic rings. The van der Waals surface area contributed by atoms with Crippen molar-refractivity contribution >= 4 is 15.8 Å². The standard InChI is InChI=1S/C14H27NO4S/c1-14(2,3)20(17,18)10-9-15-8-6-5-7-12(15)11-13(16)19-4/h12H,5-11H2,1-4H3. The summed E-state index contributed by atoms with van der Waals surface area (Å²) in [5.41, 5.74) is 0. The molecule has 1 heterocycles. The van der Waals surface area contributed by atoms with E-state index in [1.54, 1.807) is 20.8 Å². The van der Waals surface area contributed by atoms with Crippen LogP contribution in [0.5, 0.6) is 0 Å². The molecule has 0 bridgehead atoms. The number of carbonyl (C=O) groups excluding carboxylic acids is 1. The van der Waals surface area contributed by atoms with Crippen molar-refractivity contribution in [3.8, 4) is 0 Å². The Hall–Kier alpha value is -0.620. The smallest absolute Gasteiger partial charge is 0.307 e. The van der Waals surface area contributed by atoms with Gasteiger partial charge in [0.2, 0.25) is 0 Å². The van der Waals surface area contributed by atoms with Crippen molar-refractivity contribution in [1.82, 2.24) is 4.90 Å². The maximum atomic E-state index is 12.2. The maximum Gasteiger partial charge on any atom is 0.307 e. The summed E-state index contributed by atoms with van der Waals surface area (Å²) in [6.07, 6.45) is 3.44. The first-order chi connectivity index (χ1) is 9.17. The first kappa shape index (κ1) is 17.4. The average molecular weight is 305 g/mol. The summed E-state index contributed by atoms with van der Waals surface area (Å²) in [5, 5.41) is 0. The fourth-order valence-corrected chi connectivity index (χ4v) is 3.49. The molecule has 0 amide bonds. The lowest BCUT2D eigenvalue weighted by Crippen LogP contribution is -2.44. The molecule has 1 atom stereocenters. The molecule has 0 N–H and O–H groups in total. The van der Waals surface area contributed by atoms with Crippen LogP contribution in [0.15, 0.2) is 0 Å². The second kappa shape index (κ2) is 6.89. The third-order valence-corrected chi connectivity index (χ3v) is 6.55. The molecule has 1 aliphatic heterocycles. The number of likely N-dealkylation sites (tertiary alicyclic amines) is 1. The van der Waals surface area contributed by atoms with Gasteiger partial charge in [-0.1, -0.05) is 6.42 Å². The quantitative estimate of drug-likeness (QED) is 0.722. The van der Waals surface area contributed by atoms with Gasteiger partial charge >= 0.3 is 5.97 Å². The number of piperidine rings is 1. The summed E-state index contributed by atoms with van der Waals surface area (Å²) >= 11 is 0. The SMILES string of the molecule is COC(=O)CC1CCCCN1CCS(=O)(=O)C(C)(C)C. The minimum atomic E-state index is -3.11. The van der Waals surface area contributed by atoms with Crippen LogP contribution in [0.3, 0.4) is 0 Å². The van der Waals surface area contributed by atoms with Crippen molar-refractivity contribution in [2.45, 2.75) is 57.2 Å². The minimum absolute atomic E-state index is 0.117. The molecular formula is C14H27NO4S. The van der Waals surface area contributed by atoms with Crippen LogP contribution in [0.2, 0.25) is 0 Å². The van der Waals surface area contributed by atoms with E-state index in [1.807, 2.05) is 0 Å². The van der Waals surface area contributed by atoms with Gasteiger partial charge in [-0.2, -0.15) is 0 Å². The molecule has 1 saturated heterocycles. The summed E-state index contributed by atoms with van der Waals surface area (Å²) in [5.74, 6) is -0.0747. The Morgan fingerprint density at radius 3 is 2.50 bits per heavy atom. The molecular weight excluding hydrogens is 278 g/mol. The van der Waals surface area contributed by atoms with Crippen molar-refractivity contribution in [3.05, 3.63) is 0 Å². The van der Waals surface area contributed by atoms with Crippen LogP contribution in [-0.2, 0) is 19.4 Å². The molecule has 5 nitrogen and oxygen atoms in total. The van der Waals surface area contributed by atoms with Gasteiger partial charge in [-0.05, 0) is 40.2 Å². The average Bonchev–Trinajstić information content (AvgIpc) is 2.36. The van der Waals surface area contributed by atoms with Crippen LogP contribution in [0.25, 0.3) is 0 Å². The van der Waals surface area contributed by atoms with Crippen LogP contribution >= 0.6 is 0 Å². The highest BCUT2D eigenvalue weighted by Gasteiger charge is 2.31. The van der Waals surface area contributed by atoms with Gasteiger partial charge < -0.3 is 4.74 Å². The van der Waals surface area contributed by atoms with Crippen LogP contribution in [-0.4, -0.2) is 56.0 Å². The molecule has 1 rings (SSSR count). The van der Waals surface area contributed by atoms with E-state index < -0.39 is 14.6 Å². The third-order valence-electron chi connectivity index (χ3n) is 3.96. The number of hydrogen-bond donors (Lipinski definition) is 0. The zero-order valence-electron chi connectivity index (χ0n) is 13.0. The summed E-state index contributed by atoms with van der Waals surface area (Å²) < 4.78 is 28.3. The molecule has 1 unspecified atom stereocenters. The van der Waals surface area contributed by atoms with Gasteiger partial charge in [0.15, 0.2) is 9.84 Å². The number of esters is 1. The highest BCUT2D eigenvalue weighted by molar-refractivity contribution is 7.92. The van der Waals surface area contributed by atoms with Gasteiger partial charge in [-0.15, -0.1) is 0 Å². The number of rotatable bonds is 5. The number of sulfone groups is 1. The maximum absolute atomic E-state index is 12.2. The van der Waals surface area contributed by atoms with E-state index in [0.717, 1.165) is 25.8 Å². The summed E-state index contributed by atoms with van der Waals surface area (Å²) in [6, 6.07) is 0.117. The molecule has 118 valence electrons. The zero-order chi connectivity index (χ0) is 15.4. The Morgan fingerprint density at radius 2 is 1.95 bits per heavy atom. The Morgan fingerprint density at radius 1 is 1.30 bits per heavy atom. The number of methoxy groups -OCH3 is 1. The lowest BCUT2D eigenvalue weighted by atomic mass is 9.99. The summed E-state index contributed by atoms with van der Waals surface area (Å²) in [4.78, 5) is 13.5. The second-order valence-electron chi connectivity index (χ2n) is 6.40. The highest BCUT2D eigenvalue weighted by Crippen LogP contribution is 2.22. The van der Waals surface area contributed by atoms with Crippen LogP contribution in [0, 0.1) is 0 Å². The van der Waals surface area contributed by atoms with Gasteiger partial charge in [-0.3, -0.25) is 9.69 Å². The normalized spacial score (nSPS) is 21.7. The Bertz CT molecular complexity index is 425. The lowest BCUT2D eigenvalue weighted by molar-refractivity contribution is -0.142. The van der Waals surface area contributed by atoms with Crippen molar-refractivity contribution in [2.75, 3.05) is 26.0 Å². The van der Waals surface area contributed by atoms with E-state index in [0.29, 0.717) is 13.0 Å². The Labute approximate surface area is 122 Å². The molecule has 0 spiro atoms. The third kappa shape index (κ3) is 4.74. The topological polar surface area (TPSA) is 63.7 Å². The van der Waals surface area contributed by atoms with Gasteiger partial charge in [0.25, 0.3) is 0 Å². The van der Waals surface area contributed by atoms with E-state index in [4.69, 9.17) is 4.74 Å². The minimum Gasteiger partial charge on any atom is -0.469 e. The predicted molar refractivity (Wildman–Crippen MR) is 79.4 cm³/mol. The van der Waals surface area contributed by atoms with Crippen molar-refractivity contribution < 1.29 is 17.9 Å². The van der Waals surface area contributed by atoms with Crippen LogP contribution < -0.4 is 0 Å². The molecule has 20 heavy (non-hydrogen) atoms. The summed E-state index contributed by atoms with van der Waals surface area (Å²) in [6.45, 7) is 6.54. The van der Waals surface area contributed by atoms with Crippen molar-refractivity contribution in [1.29, 1.82) is 0 Å². The summed E-state index contributed by atoms with van der Waals surface area (Å²) in [7, 11) is -1.72. The Balaban J connectivity index is 2.62. The number of hydrogen-bond acceptors (Lipinski definition) is 5. The van der Waals surface area contributed by atoms with Gasteiger partial charge in [0, 0.05) is 12.6 Å². The molecule has 1 aliphatic rings. The van der Waals surface area contributed by atoms with Crippen LogP contribution in [0.1, 0.15) is 46.5 Å². The first-order valence-corrected chi connectivity index (χ1v) is 8.86. The number of ether oxygens (including phenoxy) is 1. The van der Waals surface area contributed by atoms with Gasteiger partial charge in [-0.25, -0.2) is 8.42 Å². The second-order valence-corrected chi connectivity index (χ2v) is 9.26. The number of nitrogens with zero attached hydrogens (tertiary/aromatic N) is 1. The van der Waals surface area contributed by atoms with Crippen molar-refractivity contribution in [3.63, 3.8) is 0 Å². The molecule has 0 saturated carbocycles. The van der Waals surface area contributed by atoms with Gasteiger partial charge in [0.1, 0.15) is 0 Å². The molecule has 6 heteroatoms. The number of carbonyl (C=O) groups is 1. The van der Waals surface area contributed by atoms with E-state index in [2.05, 4.69) is 4.90 Å². The highest BCUT2D eigenvalue weighted by atomic mass is 32.2. The fourth-order valence-electron chi connectivity index (χ4n) is 2.40. The first-order valence-electron chi connectivity index (χ1n) is 7.20. The van der Waals surface area contributed by atoms with E-state index in [-0.39, 0.29) is 17.8 Å². The van der Waals surface area contributed by atoms with Crippen LogP contribution in [0.4, 0.5) is 0 Å². The fraction of sp³-hybridized carbons (Fsp3) is 0.929. The van der Waals surface area contributed by atoms with Gasteiger partial charge in [0.05, 0.1) is 24.0 Å². The Kier molecular flexibility index (Phi) is 6.01. The molecule has 0 radical (unpaired) electrons. The monoisotopic (exact) mass is 305 g/mol. The molecule has 1 fully saturated rings. The van der Waals surface area contributed by atoms with Crippen molar-refractivity contribution in [2.24, 2.45) is 0 Å². The predicted octanol–water partition coefficient (Wildman–Crippen LogP) is 1.62. The molecule has 0 aromatic heterocycles. The zero-order valence-corrected chi connectivity index (χ0v) is 13.8. The molecule has 0 aromatic carbocycles.